The Bertz CT molecular complexity index is 690. The van der Waals surface area contributed by atoms with E-state index in [-0.39, 0.29) is 5.48 Å². The first-order valence-electron chi connectivity index (χ1n) is 15.8. The number of nitrogens with zero attached hydrogens (tertiary/aromatic N) is 1. The Balaban J connectivity index is 0.00000684. The van der Waals surface area contributed by atoms with Crippen molar-refractivity contribution < 1.29 is 5.48 Å². The van der Waals surface area contributed by atoms with Gasteiger partial charge in [0, 0.05) is 0 Å². The van der Waals surface area contributed by atoms with Crippen LogP contribution >= 0.6 is 0 Å². The van der Waals surface area contributed by atoms with Crippen molar-refractivity contribution in [3.8, 4) is 0 Å². The van der Waals surface area contributed by atoms with Gasteiger partial charge in [-0.3, -0.25) is 4.48 Å². The van der Waals surface area contributed by atoms with Gasteiger partial charge in [-0.15, -0.1) is 0 Å². The molecule has 0 aliphatic carbocycles. The molecule has 1 N–H and O–H groups in total. The van der Waals surface area contributed by atoms with Gasteiger partial charge in [-0.1, -0.05) is 153 Å². The van der Waals surface area contributed by atoms with E-state index in [0.717, 1.165) is 4.48 Å². The summed E-state index contributed by atoms with van der Waals surface area (Å²) in [5.74, 6) is 0. The Morgan fingerprint density at radius 2 is 0.703 bits per heavy atom. The second-order valence-corrected chi connectivity index (χ2v) is 11.1. The van der Waals surface area contributed by atoms with Gasteiger partial charge in [0.25, 0.3) is 0 Å². The molecule has 0 saturated heterocycles. The Morgan fingerprint density at radius 1 is 0.378 bits per heavy atom. The minimum absolute atomic E-state index is 0. The van der Waals surface area contributed by atoms with Gasteiger partial charge in [-0.25, -0.2) is 0 Å². The van der Waals surface area contributed by atoms with Crippen LogP contribution in [0.15, 0.2) is 60.7 Å². The number of benzene rings is 2. The molecule has 2 rings (SSSR count). The molecular formula is C35H59NO. The van der Waals surface area contributed by atoms with Gasteiger partial charge < -0.3 is 5.48 Å². The zero-order valence-electron chi connectivity index (χ0n) is 24.5. The third-order valence-corrected chi connectivity index (χ3v) is 8.00. The minimum atomic E-state index is 0. The first-order valence-corrected chi connectivity index (χ1v) is 15.8. The number of rotatable bonds is 23. The van der Waals surface area contributed by atoms with E-state index in [1.165, 1.54) is 146 Å². The summed E-state index contributed by atoms with van der Waals surface area (Å²) >= 11 is 0. The number of hydrogen-bond donors (Lipinski definition) is 0. The summed E-state index contributed by atoms with van der Waals surface area (Å²) in [5.41, 5.74) is 2.88. The highest BCUT2D eigenvalue weighted by molar-refractivity contribution is 5.58. The van der Waals surface area contributed by atoms with E-state index >= 15 is 0 Å². The Morgan fingerprint density at radius 3 is 1.03 bits per heavy atom. The lowest BCUT2D eigenvalue weighted by atomic mass is 10.0. The van der Waals surface area contributed by atoms with Crippen LogP contribution in [-0.4, -0.2) is 18.6 Å². The van der Waals surface area contributed by atoms with Gasteiger partial charge in [-0.2, -0.15) is 0 Å². The van der Waals surface area contributed by atoms with Crippen LogP contribution in [0.4, 0.5) is 11.4 Å². The second-order valence-electron chi connectivity index (χ2n) is 11.1. The number of hydrogen-bond acceptors (Lipinski definition) is 1. The van der Waals surface area contributed by atoms with E-state index in [2.05, 4.69) is 74.5 Å². The second kappa shape index (κ2) is 22.4. The van der Waals surface area contributed by atoms with Gasteiger partial charge in [-0.05, 0) is 43.5 Å². The van der Waals surface area contributed by atoms with Crippen molar-refractivity contribution in [1.82, 2.24) is 4.48 Å². The van der Waals surface area contributed by atoms with Gasteiger partial charge in [0.15, 0.2) is 0 Å². The Labute approximate surface area is 230 Å². The normalized spacial score (nSPS) is 11.4. The van der Waals surface area contributed by atoms with E-state index < -0.39 is 0 Å². The quantitative estimate of drug-likeness (QED) is 0.108. The lowest BCUT2D eigenvalue weighted by molar-refractivity contribution is 0.365. The summed E-state index contributed by atoms with van der Waals surface area (Å²) in [6, 6.07) is 22.4. The van der Waals surface area contributed by atoms with Gasteiger partial charge in [0.05, 0.1) is 13.1 Å². The highest BCUT2D eigenvalue weighted by atomic mass is 16.0. The summed E-state index contributed by atoms with van der Waals surface area (Å²) in [5, 5.41) is 0. The molecule has 210 valence electrons. The molecular weight excluding hydrogens is 450 g/mol. The molecule has 0 spiro atoms. The molecule has 0 aliphatic rings. The van der Waals surface area contributed by atoms with Gasteiger partial charge >= 0.3 is 0 Å². The first kappa shape index (κ1) is 33.4. The molecule has 2 nitrogen and oxygen atoms in total. The predicted molar refractivity (Wildman–Crippen MR) is 165 cm³/mol. The largest absolute Gasteiger partial charge is 0.870 e. The molecule has 0 bridgehead atoms. The SMILES string of the molecule is CCCCCCCCCCCCCCCCCCCC[N+](CCC)(c1ccccc1)c1ccccc1.[OH-]. The number of unbranched alkanes of at least 4 members (excludes halogenated alkanes) is 17. The van der Waals surface area contributed by atoms with E-state index in [9.17, 15) is 0 Å². The fraction of sp³-hybridized carbons (Fsp3) is 0.657. The zero-order valence-corrected chi connectivity index (χ0v) is 24.5. The molecule has 0 unspecified atom stereocenters. The molecule has 0 fully saturated rings. The van der Waals surface area contributed by atoms with E-state index in [1.807, 2.05) is 0 Å². The third kappa shape index (κ3) is 13.6. The lowest BCUT2D eigenvalue weighted by Gasteiger charge is -2.38. The maximum Gasteiger partial charge on any atom is 0.137 e. The van der Waals surface area contributed by atoms with Crippen molar-refractivity contribution in [2.45, 2.75) is 136 Å². The lowest BCUT2D eigenvalue weighted by Crippen LogP contribution is -2.45. The molecule has 0 heterocycles. The van der Waals surface area contributed by atoms with Gasteiger partial charge in [0.1, 0.15) is 11.4 Å². The standard InChI is InChI=1S/C35H58N.H2O/c1-3-5-6-7-8-9-10-11-12-13-14-15-16-17-18-19-20-27-33-36(32-4-2,34-28-23-21-24-29-34)35-30-25-22-26-31-35;/h21-26,28-31H,3-20,27,32-33H2,1-2H3;1H2/q+1;/p-1. The summed E-state index contributed by atoms with van der Waals surface area (Å²) in [7, 11) is 0. The summed E-state index contributed by atoms with van der Waals surface area (Å²) < 4.78 is 0.997. The topological polar surface area (TPSA) is 30.0 Å². The Kier molecular flexibility index (Phi) is 20.2. The van der Waals surface area contributed by atoms with E-state index in [4.69, 9.17) is 0 Å². The maximum absolute atomic E-state index is 2.33. The van der Waals surface area contributed by atoms with Crippen LogP contribution in [0.3, 0.4) is 0 Å². The minimum Gasteiger partial charge on any atom is -0.870 e. The molecule has 0 radical (unpaired) electrons. The summed E-state index contributed by atoms with van der Waals surface area (Å²) in [6.45, 7) is 7.01. The zero-order chi connectivity index (χ0) is 25.6. The molecule has 2 heteroatoms. The van der Waals surface area contributed by atoms with Crippen LogP contribution < -0.4 is 4.48 Å². The number of quaternary nitrogens is 1. The van der Waals surface area contributed by atoms with E-state index in [0.29, 0.717) is 0 Å². The van der Waals surface area contributed by atoms with Crippen LogP contribution in [0.2, 0.25) is 0 Å². The van der Waals surface area contributed by atoms with Crippen molar-refractivity contribution >= 4 is 11.4 Å². The monoisotopic (exact) mass is 509 g/mol. The fourth-order valence-electron chi connectivity index (χ4n) is 5.87. The van der Waals surface area contributed by atoms with Crippen LogP contribution in [0, 0.1) is 0 Å². The summed E-state index contributed by atoms with van der Waals surface area (Å²) in [6.07, 6.45) is 27.0. The Hall–Kier alpha value is -1.64. The average Bonchev–Trinajstić information content (AvgIpc) is 2.92. The highest BCUT2D eigenvalue weighted by Crippen LogP contribution is 2.35. The molecule has 0 aliphatic heterocycles. The molecule has 0 atom stereocenters. The third-order valence-electron chi connectivity index (χ3n) is 8.00. The van der Waals surface area contributed by atoms with Crippen molar-refractivity contribution in [3.05, 3.63) is 60.7 Å². The number of para-hydroxylation sites is 2. The van der Waals surface area contributed by atoms with Crippen molar-refractivity contribution in [2.75, 3.05) is 13.1 Å². The molecule has 0 aromatic heterocycles. The van der Waals surface area contributed by atoms with Crippen molar-refractivity contribution in [1.29, 1.82) is 0 Å². The smallest absolute Gasteiger partial charge is 0.137 e. The van der Waals surface area contributed by atoms with Crippen LogP contribution in [0.5, 0.6) is 0 Å². The van der Waals surface area contributed by atoms with Crippen molar-refractivity contribution in [3.63, 3.8) is 0 Å². The summed E-state index contributed by atoms with van der Waals surface area (Å²) in [4.78, 5) is 0. The maximum atomic E-state index is 2.33. The molecule has 0 amide bonds. The van der Waals surface area contributed by atoms with Crippen molar-refractivity contribution in [2.24, 2.45) is 0 Å². The molecule has 37 heavy (non-hydrogen) atoms. The van der Waals surface area contributed by atoms with Crippen LogP contribution in [0.1, 0.15) is 136 Å². The van der Waals surface area contributed by atoms with E-state index in [1.54, 1.807) is 0 Å². The molecule has 2 aromatic rings. The van der Waals surface area contributed by atoms with Gasteiger partial charge in [0.2, 0.25) is 0 Å². The highest BCUT2D eigenvalue weighted by Gasteiger charge is 2.31. The molecule has 0 saturated carbocycles. The molecule has 2 aromatic carbocycles. The average molecular weight is 510 g/mol. The first-order chi connectivity index (χ1) is 17.8. The predicted octanol–water partition coefficient (Wildman–Crippen LogP) is 11.6. The fourth-order valence-corrected chi connectivity index (χ4v) is 5.87. The van der Waals surface area contributed by atoms with Crippen LogP contribution in [-0.2, 0) is 0 Å². The van der Waals surface area contributed by atoms with Crippen LogP contribution in [0.25, 0.3) is 0 Å².